The second kappa shape index (κ2) is 7.01. The Kier molecular flexibility index (Phi) is 4.54. The van der Waals surface area contributed by atoms with Crippen LogP contribution < -0.4 is 5.32 Å². The number of aryl methyl sites for hydroxylation is 1. The summed E-state index contributed by atoms with van der Waals surface area (Å²) >= 11 is 0. The highest BCUT2D eigenvalue weighted by molar-refractivity contribution is 5.84. The lowest BCUT2D eigenvalue weighted by Crippen LogP contribution is -2.45. The van der Waals surface area contributed by atoms with E-state index >= 15 is 0 Å². The highest BCUT2D eigenvalue weighted by Crippen LogP contribution is 2.49. The molecule has 3 nitrogen and oxygen atoms in total. The molecule has 0 aromatic heterocycles. The van der Waals surface area contributed by atoms with Gasteiger partial charge in [0.1, 0.15) is 0 Å². The van der Waals surface area contributed by atoms with Gasteiger partial charge in [0.15, 0.2) is 0 Å². The lowest BCUT2D eigenvalue weighted by molar-refractivity contribution is -0.120. The van der Waals surface area contributed by atoms with E-state index in [1.54, 1.807) is 6.92 Å². The van der Waals surface area contributed by atoms with Crippen LogP contribution in [0.5, 0.6) is 0 Å². The number of benzene rings is 3. The molecule has 0 atom stereocenters. The Bertz CT molecular complexity index is 930. The Morgan fingerprint density at radius 3 is 1.89 bits per heavy atom. The SMILES string of the molecule is CC(=O)NC1(CCc2ccc(CO)cc2)c2ccccc2-c2ccccc21. The van der Waals surface area contributed by atoms with Crippen LogP contribution in [-0.4, -0.2) is 11.0 Å². The minimum atomic E-state index is -0.519. The number of aliphatic hydroxyl groups excluding tert-OH is 1. The number of hydrogen-bond donors (Lipinski definition) is 2. The summed E-state index contributed by atoms with van der Waals surface area (Å²) in [4.78, 5) is 12.2. The first-order chi connectivity index (χ1) is 13.1. The largest absolute Gasteiger partial charge is 0.392 e. The third-order valence-electron chi connectivity index (χ3n) is 5.45. The molecule has 136 valence electrons. The summed E-state index contributed by atoms with van der Waals surface area (Å²) in [5.41, 5.74) is 6.29. The van der Waals surface area contributed by atoms with E-state index in [0.29, 0.717) is 0 Å². The van der Waals surface area contributed by atoms with Gasteiger partial charge in [0.2, 0.25) is 5.91 Å². The van der Waals surface area contributed by atoms with Crippen molar-refractivity contribution >= 4 is 5.91 Å². The molecule has 0 fully saturated rings. The molecule has 1 aliphatic rings. The van der Waals surface area contributed by atoms with E-state index in [-0.39, 0.29) is 12.5 Å². The monoisotopic (exact) mass is 357 g/mol. The van der Waals surface area contributed by atoms with Gasteiger partial charge in [0, 0.05) is 6.92 Å². The van der Waals surface area contributed by atoms with Gasteiger partial charge in [-0.3, -0.25) is 4.79 Å². The zero-order valence-electron chi connectivity index (χ0n) is 15.4. The normalized spacial score (nSPS) is 13.7. The summed E-state index contributed by atoms with van der Waals surface area (Å²) < 4.78 is 0. The molecule has 4 rings (SSSR count). The molecule has 2 N–H and O–H groups in total. The van der Waals surface area contributed by atoms with Crippen LogP contribution in [0.25, 0.3) is 11.1 Å². The van der Waals surface area contributed by atoms with Gasteiger partial charge in [-0.15, -0.1) is 0 Å². The summed E-state index contributed by atoms with van der Waals surface area (Å²) in [5, 5.41) is 12.5. The van der Waals surface area contributed by atoms with E-state index in [1.165, 1.54) is 16.7 Å². The summed E-state index contributed by atoms with van der Waals surface area (Å²) in [7, 11) is 0. The molecule has 0 heterocycles. The maximum absolute atomic E-state index is 12.2. The molecule has 3 aromatic rings. The van der Waals surface area contributed by atoms with Crippen molar-refractivity contribution < 1.29 is 9.90 Å². The molecule has 0 saturated carbocycles. The first-order valence-corrected chi connectivity index (χ1v) is 9.31. The van der Waals surface area contributed by atoms with Crippen LogP contribution in [0.4, 0.5) is 0 Å². The van der Waals surface area contributed by atoms with Gasteiger partial charge < -0.3 is 10.4 Å². The second-order valence-corrected chi connectivity index (χ2v) is 7.15. The average molecular weight is 357 g/mol. The van der Waals surface area contributed by atoms with Crippen molar-refractivity contribution in [2.24, 2.45) is 0 Å². The number of amides is 1. The Balaban J connectivity index is 1.77. The lowest BCUT2D eigenvalue weighted by atomic mass is 9.82. The topological polar surface area (TPSA) is 49.3 Å². The zero-order valence-corrected chi connectivity index (χ0v) is 15.4. The number of rotatable bonds is 5. The molecular weight excluding hydrogens is 334 g/mol. The highest BCUT2D eigenvalue weighted by atomic mass is 16.3. The van der Waals surface area contributed by atoms with Crippen LogP contribution in [0.2, 0.25) is 0 Å². The highest BCUT2D eigenvalue weighted by Gasteiger charge is 2.43. The fourth-order valence-electron chi connectivity index (χ4n) is 4.24. The molecule has 1 aliphatic carbocycles. The van der Waals surface area contributed by atoms with Crippen molar-refractivity contribution in [2.45, 2.75) is 31.9 Å². The van der Waals surface area contributed by atoms with Crippen LogP contribution in [-0.2, 0) is 23.4 Å². The van der Waals surface area contributed by atoms with Crippen LogP contribution in [0, 0.1) is 0 Å². The minimum Gasteiger partial charge on any atom is -0.392 e. The molecule has 0 saturated heterocycles. The second-order valence-electron chi connectivity index (χ2n) is 7.15. The lowest BCUT2D eigenvalue weighted by Gasteiger charge is -2.33. The van der Waals surface area contributed by atoms with Gasteiger partial charge in [-0.1, -0.05) is 72.8 Å². The minimum absolute atomic E-state index is 0.0304. The molecule has 3 aromatic carbocycles. The van der Waals surface area contributed by atoms with Crippen LogP contribution in [0.3, 0.4) is 0 Å². The van der Waals surface area contributed by atoms with Gasteiger partial charge in [-0.05, 0) is 46.2 Å². The summed E-state index contributed by atoms with van der Waals surface area (Å²) in [6, 6.07) is 24.7. The van der Waals surface area contributed by atoms with Gasteiger partial charge in [0.05, 0.1) is 12.1 Å². The van der Waals surface area contributed by atoms with Crippen molar-refractivity contribution in [2.75, 3.05) is 0 Å². The quantitative estimate of drug-likeness (QED) is 0.720. The smallest absolute Gasteiger partial charge is 0.217 e. The average Bonchev–Trinajstić information content (AvgIpc) is 2.97. The zero-order chi connectivity index (χ0) is 18.9. The van der Waals surface area contributed by atoms with Crippen LogP contribution in [0.1, 0.15) is 35.6 Å². The number of fused-ring (bicyclic) bond motifs is 3. The van der Waals surface area contributed by atoms with E-state index in [9.17, 15) is 9.90 Å². The molecular formula is C24H23NO2. The Morgan fingerprint density at radius 2 is 1.37 bits per heavy atom. The fraction of sp³-hybridized carbons (Fsp3) is 0.208. The number of carbonyl (C=O) groups excluding carboxylic acids is 1. The van der Waals surface area contributed by atoms with E-state index in [1.807, 2.05) is 36.4 Å². The molecule has 1 amide bonds. The molecule has 0 bridgehead atoms. The molecule has 27 heavy (non-hydrogen) atoms. The van der Waals surface area contributed by atoms with Crippen LogP contribution >= 0.6 is 0 Å². The summed E-state index contributed by atoms with van der Waals surface area (Å²) in [6.45, 7) is 1.64. The maximum atomic E-state index is 12.2. The molecule has 0 unspecified atom stereocenters. The standard InChI is InChI=1S/C24H23NO2/c1-17(27)25-24(15-14-18-10-12-19(16-26)13-11-18)22-8-4-2-6-20(22)21-7-3-5-9-23(21)24/h2-13,26H,14-16H2,1H3,(H,25,27). The summed E-state index contributed by atoms with van der Waals surface area (Å²) in [6.07, 6.45) is 1.60. The van der Waals surface area contributed by atoms with Crippen LogP contribution in [0.15, 0.2) is 72.8 Å². The van der Waals surface area contributed by atoms with E-state index in [2.05, 4.69) is 41.7 Å². The molecule has 0 spiro atoms. The predicted octanol–water partition coefficient (Wildman–Crippen LogP) is 4.17. The number of carbonyl (C=O) groups is 1. The van der Waals surface area contributed by atoms with Crippen molar-refractivity contribution in [3.63, 3.8) is 0 Å². The van der Waals surface area contributed by atoms with Gasteiger partial charge in [-0.25, -0.2) is 0 Å². The predicted molar refractivity (Wildman–Crippen MR) is 107 cm³/mol. The maximum Gasteiger partial charge on any atom is 0.217 e. The van der Waals surface area contributed by atoms with E-state index in [4.69, 9.17) is 0 Å². The van der Waals surface area contributed by atoms with Crippen molar-refractivity contribution in [1.82, 2.24) is 5.32 Å². The Labute approximate surface area is 159 Å². The Hall–Kier alpha value is -2.91. The van der Waals surface area contributed by atoms with Crippen molar-refractivity contribution in [1.29, 1.82) is 0 Å². The third kappa shape index (κ3) is 3.04. The number of nitrogens with one attached hydrogen (secondary N) is 1. The first-order valence-electron chi connectivity index (χ1n) is 9.31. The van der Waals surface area contributed by atoms with Gasteiger partial charge in [-0.2, -0.15) is 0 Å². The van der Waals surface area contributed by atoms with E-state index < -0.39 is 5.54 Å². The molecule has 3 heteroatoms. The molecule has 0 radical (unpaired) electrons. The molecule has 0 aliphatic heterocycles. The number of aliphatic hydroxyl groups is 1. The number of hydrogen-bond acceptors (Lipinski definition) is 2. The van der Waals surface area contributed by atoms with Gasteiger partial charge >= 0.3 is 0 Å². The summed E-state index contributed by atoms with van der Waals surface area (Å²) in [5.74, 6) is -0.0304. The van der Waals surface area contributed by atoms with Crippen molar-refractivity contribution in [3.8, 4) is 11.1 Å². The third-order valence-corrected chi connectivity index (χ3v) is 5.45. The Morgan fingerprint density at radius 1 is 0.852 bits per heavy atom. The fourth-order valence-corrected chi connectivity index (χ4v) is 4.24. The van der Waals surface area contributed by atoms with Crippen molar-refractivity contribution in [3.05, 3.63) is 95.1 Å². The first kappa shape index (κ1) is 17.5. The van der Waals surface area contributed by atoms with E-state index in [0.717, 1.165) is 29.5 Å². The van der Waals surface area contributed by atoms with Gasteiger partial charge in [0.25, 0.3) is 0 Å².